The van der Waals surface area contributed by atoms with Gasteiger partial charge in [0.2, 0.25) is 5.96 Å². The summed E-state index contributed by atoms with van der Waals surface area (Å²) in [5.41, 5.74) is 1.94. The molecule has 2 unspecified atom stereocenters. The molecule has 0 bridgehead atoms. The van der Waals surface area contributed by atoms with Gasteiger partial charge in [-0.2, -0.15) is 0 Å². The molecule has 0 aliphatic carbocycles. The lowest BCUT2D eigenvalue weighted by atomic mass is 10.1. The van der Waals surface area contributed by atoms with Gasteiger partial charge >= 0.3 is 6.03 Å². The highest BCUT2D eigenvalue weighted by Crippen LogP contribution is 2.36. The first-order valence-electron chi connectivity index (χ1n) is 8.12. The number of aliphatic imine (C=N–C) groups is 1. The van der Waals surface area contributed by atoms with Crippen molar-refractivity contribution in [1.82, 2.24) is 14.7 Å². The van der Waals surface area contributed by atoms with Crippen LogP contribution in [0.2, 0.25) is 0 Å². The van der Waals surface area contributed by atoms with E-state index in [2.05, 4.69) is 15.9 Å². The van der Waals surface area contributed by atoms with Crippen LogP contribution in [0, 0.1) is 0 Å². The van der Waals surface area contributed by atoms with Crippen molar-refractivity contribution in [2.24, 2.45) is 4.99 Å². The van der Waals surface area contributed by atoms with Crippen LogP contribution < -0.4 is 4.90 Å². The number of urea groups is 1. The first-order valence-corrected chi connectivity index (χ1v) is 8.91. The van der Waals surface area contributed by atoms with E-state index in [1.165, 1.54) is 4.90 Å². The summed E-state index contributed by atoms with van der Waals surface area (Å²) in [5, 5.41) is 0. The van der Waals surface area contributed by atoms with Crippen LogP contribution in [-0.4, -0.2) is 58.4 Å². The first-order chi connectivity index (χ1) is 11.9. The van der Waals surface area contributed by atoms with E-state index < -0.39 is 12.2 Å². The molecule has 7 nitrogen and oxygen atoms in total. The SMILES string of the molecule is CCN1C(=O)C2C(N=C3N(c4ccc(Br)cc4)C(C)=CN32)N(C)C1=O. The minimum Gasteiger partial charge on any atom is -0.302 e. The minimum absolute atomic E-state index is 0.198. The van der Waals surface area contributed by atoms with Crippen LogP contribution in [0.25, 0.3) is 0 Å². The van der Waals surface area contributed by atoms with Gasteiger partial charge in [0.25, 0.3) is 5.91 Å². The first kappa shape index (κ1) is 16.1. The summed E-state index contributed by atoms with van der Waals surface area (Å²) in [7, 11) is 1.70. The van der Waals surface area contributed by atoms with Crippen molar-refractivity contribution in [3.63, 3.8) is 0 Å². The lowest BCUT2D eigenvalue weighted by Crippen LogP contribution is -2.64. The Morgan fingerprint density at radius 1 is 1.20 bits per heavy atom. The van der Waals surface area contributed by atoms with Crippen LogP contribution in [0.1, 0.15) is 13.8 Å². The van der Waals surface area contributed by atoms with Crippen molar-refractivity contribution in [2.45, 2.75) is 26.1 Å². The van der Waals surface area contributed by atoms with Gasteiger partial charge in [0.1, 0.15) is 0 Å². The monoisotopic (exact) mass is 403 g/mol. The lowest BCUT2D eigenvalue weighted by Gasteiger charge is -2.39. The third kappa shape index (κ3) is 2.20. The summed E-state index contributed by atoms with van der Waals surface area (Å²) in [6.45, 7) is 4.14. The zero-order chi connectivity index (χ0) is 17.9. The molecule has 3 amide bonds. The predicted octanol–water partition coefficient (Wildman–Crippen LogP) is 2.41. The highest BCUT2D eigenvalue weighted by Gasteiger charge is 2.54. The summed E-state index contributed by atoms with van der Waals surface area (Å²) in [4.78, 5) is 36.7. The topological polar surface area (TPSA) is 59.5 Å². The molecule has 0 saturated carbocycles. The second-order valence-corrected chi connectivity index (χ2v) is 7.17. The molecule has 1 aromatic carbocycles. The quantitative estimate of drug-likeness (QED) is 0.760. The third-order valence-corrected chi connectivity index (χ3v) is 5.32. The average Bonchev–Trinajstić information content (AvgIpc) is 3.09. The standard InChI is InChI=1S/C17H18BrN5O2/c1-4-21-15(24)13-14(20(3)17(21)25)19-16-22(13)9-10(2)23(16)12-7-5-11(18)6-8-12/h5-9,13-14H,4H2,1-3H3. The summed E-state index contributed by atoms with van der Waals surface area (Å²) < 4.78 is 0.995. The number of nitrogens with zero attached hydrogens (tertiary/aromatic N) is 5. The molecule has 0 spiro atoms. The van der Waals surface area contributed by atoms with Gasteiger partial charge in [0.05, 0.1) is 0 Å². The van der Waals surface area contributed by atoms with E-state index in [-0.39, 0.29) is 11.9 Å². The number of hydrogen-bond donors (Lipinski definition) is 0. The van der Waals surface area contributed by atoms with E-state index in [9.17, 15) is 9.59 Å². The number of fused-ring (bicyclic) bond motifs is 3. The van der Waals surface area contributed by atoms with E-state index in [1.807, 2.05) is 47.2 Å². The Hall–Kier alpha value is -2.35. The fourth-order valence-electron chi connectivity index (χ4n) is 3.55. The second kappa shape index (κ2) is 5.59. The Morgan fingerprint density at radius 2 is 1.88 bits per heavy atom. The van der Waals surface area contributed by atoms with E-state index in [0.717, 1.165) is 15.9 Å². The van der Waals surface area contributed by atoms with E-state index in [0.29, 0.717) is 12.5 Å². The van der Waals surface area contributed by atoms with Crippen LogP contribution in [-0.2, 0) is 4.79 Å². The molecule has 4 rings (SSSR count). The number of allylic oxidation sites excluding steroid dienone is 1. The summed E-state index contributed by atoms with van der Waals surface area (Å²) in [5.74, 6) is 0.483. The number of amides is 3. The smallest absolute Gasteiger partial charge is 0.302 e. The number of carbonyl (C=O) groups is 2. The number of halogens is 1. The number of carbonyl (C=O) groups excluding carboxylic acids is 2. The van der Waals surface area contributed by atoms with E-state index >= 15 is 0 Å². The van der Waals surface area contributed by atoms with Crippen molar-refractivity contribution in [1.29, 1.82) is 0 Å². The van der Waals surface area contributed by atoms with E-state index in [4.69, 9.17) is 4.99 Å². The fourth-order valence-corrected chi connectivity index (χ4v) is 3.82. The molecular formula is C17H18BrN5O2. The molecule has 3 heterocycles. The number of guanidine groups is 1. The van der Waals surface area contributed by atoms with Crippen molar-refractivity contribution >= 4 is 39.5 Å². The maximum atomic E-state index is 12.8. The average molecular weight is 404 g/mol. The fraction of sp³-hybridized carbons (Fsp3) is 0.353. The Morgan fingerprint density at radius 3 is 2.52 bits per heavy atom. The van der Waals surface area contributed by atoms with Crippen LogP contribution >= 0.6 is 15.9 Å². The molecule has 3 aliphatic heterocycles. The Labute approximate surface area is 154 Å². The van der Waals surface area contributed by atoms with Gasteiger partial charge in [-0.3, -0.25) is 14.6 Å². The van der Waals surface area contributed by atoms with Gasteiger partial charge in [-0.15, -0.1) is 0 Å². The zero-order valence-corrected chi connectivity index (χ0v) is 15.8. The minimum atomic E-state index is -0.506. The summed E-state index contributed by atoms with van der Waals surface area (Å²) in [6.07, 6.45) is 1.43. The summed E-state index contributed by atoms with van der Waals surface area (Å²) >= 11 is 3.44. The highest BCUT2D eigenvalue weighted by atomic mass is 79.9. The number of benzene rings is 1. The molecule has 1 aromatic rings. The molecule has 25 heavy (non-hydrogen) atoms. The number of likely N-dealkylation sites (N-methyl/N-ethyl adjacent to an activating group) is 2. The lowest BCUT2D eigenvalue weighted by molar-refractivity contribution is -0.136. The predicted molar refractivity (Wildman–Crippen MR) is 97.8 cm³/mol. The van der Waals surface area contributed by atoms with Gasteiger partial charge in [-0.1, -0.05) is 15.9 Å². The van der Waals surface area contributed by atoms with Crippen molar-refractivity contribution in [3.05, 3.63) is 40.6 Å². The largest absolute Gasteiger partial charge is 0.328 e. The van der Waals surface area contributed by atoms with Crippen molar-refractivity contribution < 1.29 is 9.59 Å². The number of imide groups is 1. The Bertz CT molecular complexity index is 819. The van der Waals surface area contributed by atoms with Crippen LogP contribution in [0.15, 0.2) is 45.6 Å². The molecule has 8 heteroatoms. The van der Waals surface area contributed by atoms with Gasteiger partial charge in [0.15, 0.2) is 12.2 Å². The molecule has 130 valence electrons. The number of rotatable bonds is 2. The van der Waals surface area contributed by atoms with Crippen molar-refractivity contribution in [3.8, 4) is 0 Å². The molecule has 1 fully saturated rings. The Kier molecular flexibility index (Phi) is 3.61. The maximum absolute atomic E-state index is 12.8. The number of hydrogen-bond acceptors (Lipinski definition) is 5. The van der Waals surface area contributed by atoms with Crippen LogP contribution in [0.3, 0.4) is 0 Å². The molecule has 1 saturated heterocycles. The van der Waals surface area contributed by atoms with Crippen molar-refractivity contribution in [2.75, 3.05) is 18.5 Å². The van der Waals surface area contributed by atoms with Gasteiger partial charge in [-0.25, -0.2) is 9.79 Å². The third-order valence-electron chi connectivity index (χ3n) is 4.79. The zero-order valence-electron chi connectivity index (χ0n) is 14.2. The molecule has 2 atom stereocenters. The Balaban J connectivity index is 1.75. The highest BCUT2D eigenvalue weighted by molar-refractivity contribution is 9.10. The van der Waals surface area contributed by atoms with Gasteiger partial charge < -0.3 is 9.80 Å². The summed E-state index contributed by atoms with van der Waals surface area (Å²) in [6, 6.07) is 7.11. The van der Waals surface area contributed by atoms with Gasteiger partial charge in [0, 0.05) is 35.6 Å². The normalized spacial score (nSPS) is 25.3. The molecule has 3 aliphatic rings. The molecule has 0 N–H and O–H groups in total. The van der Waals surface area contributed by atoms with Gasteiger partial charge in [-0.05, 0) is 38.1 Å². The number of anilines is 1. The van der Waals surface area contributed by atoms with E-state index in [1.54, 1.807) is 18.9 Å². The van der Waals surface area contributed by atoms with Crippen LogP contribution in [0.5, 0.6) is 0 Å². The molecular weight excluding hydrogens is 386 g/mol. The maximum Gasteiger partial charge on any atom is 0.328 e. The second-order valence-electron chi connectivity index (χ2n) is 6.25. The van der Waals surface area contributed by atoms with Crippen LogP contribution in [0.4, 0.5) is 10.5 Å². The molecule has 0 aromatic heterocycles. The molecule has 0 radical (unpaired) electrons.